The molecule has 7 heteroatoms. The lowest BCUT2D eigenvalue weighted by Gasteiger charge is -2.12. The molecule has 0 aromatic heterocycles. The number of amidine groups is 1. The van der Waals surface area contributed by atoms with Crippen LogP contribution in [-0.4, -0.2) is 32.3 Å². The van der Waals surface area contributed by atoms with Crippen molar-refractivity contribution < 1.29 is 18.4 Å². The minimum atomic E-state index is -3.63. The molecular formula is C11H16N2O4S. The first-order chi connectivity index (χ1) is 8.31. The summed E-state index contributed by atoms with van der Waals surface area (Å²) in [5, 5.41) is 11.1. The van der Waals surface area contributed by atoms with Crippen molar-refractivity contribution >= 4 is 15.7 Å². The van der Waals surface area contributed by atoms with Crippen LogP contribution in [0.2, 0.25) is 0 Å². The van der Waals surface area contributed by atoms with Crippen molar-refractivity contribution in [2.75, 3.05) is 12.9 Å². The van der Waals surface area contributed by atoms with Gasteiger partial charge in [0.2, 0.25) is 0 Å². The van der Waals surface area contributed by atoms with Gasteiger partial charge in [0.25, 0.3) is 0 Å². The van der Waals surface area contributed by atoms with E-state index >= 15 is 0 Å². The van der Waals surface area contributed by atoms with Crippen LogP contribution in [0, 0.1) is 13.8 Å². The summed E-state index contributed by atoms with van der Waals surface area (Å²) in [7, 11) is -2.12. The molecule has 18 heavy (non-hydrogen) atoms. The summed E-state index contributed by atoms with van der Waals surface area (Å²) < 4.78 is 29.3. The lowest BCUT2D eigenvalue weighted by molar-refractivity contribution is 0.318. The number of ether oxygens (including phenoxy) is 1. The van der Waals surface area contributed by atoms with Gasteiger partial charge in [0.15, 0.2) is 15.7 Å². The predicted molar refractivity (Wildman–Crippen MR) is 67.9 cm³/mol. The van der Waals surface area contributed by atoms with Crippen molar-refractivity contribution in [3.05, 3.63) is 23.3 Å². The van der Waals surface area contributed by atoms with Crippen molar-refractivity contribution in [1.29, 1.82) is 0 Å². The van der Waals surface area contributed by atoms with Gasteiger partial charge in [-0.15, -0.1) is 0 Å². The number of aryl methyl sites for hydroxylation is 2. The molecular weight excluding hydrogens is 256 g/mol. The topological polar surface area (TPSA) is 102 Å². The minimum Gasteiger partial charge on any atom is -0.497 e. The highest BCUT2D eigenvalue weighted by Crippen LogP contribution is 2.26. The molecule has 0 radical (unpaired) electrons. The molecule has 1 aromatic carbocycles. The lowest BCUT2D eigenvalue weighted by Crippen LogP contribution is -2.24. The highest BCUT2D eigenvalue weighted by molar-refractivity contribution is 7.92. The molecule has 100 valence electrons. The molecule has 0 heterocycles. The number of benzene rings is 1. The maximum Gasteiger partial charge on any atom is 0.186 e. The van der Waals surface area contributed by atoms with Crippen molar-refractivity contribution in [3.8, 4) is 5.75 Å². The molecule has 0 aliphatic heterocycles. The molecule has 6 nitrogen and oxygen atoms in total. The van der Waals surface area contributed by atoms with Gasteiger partial charge in [-0.05, 0) is 37.1 Å². The van der Waals surface area contributed by atoms with E-state index in [0.29, 0.717) is 16.9 Å². The second kappa shape index (κ2) is 5.26. The highest BCUT2D eigenvalue weighted by Gasteiger charge is 2.22. The van der Waals surface area contributed by atoms with Gasteiger partial charge in [-0.3, -0.25) is 0 Å². The number of oxime groups is 1. The summed E-state index contributed by atoms with van der Waals surface area (Å²) in [5.41, 5.74) is 6.38. The standard InChI is InChI=1S/C11H16N2O4S/c1-7-4-9(17-3)5-8(2)11(7)18(15,16)6-10(12)13-14/h4-5,14H,6H2,1-3H3,(H2,12,13). The number of sulfone groups is 1. The van der Waals surface area contributed by atoms with E-state index in [1.54, 1.807) is 26.0 Å². The first-order valence-electron chi connectivity index (χ1n) is 5.16. The Hall–Kier alpha value is -1.76. The lowest BCUT2D eigenvalue weighted by atomic mass is 10.1. The molecule has 0 spiro atoms. The van der Waals surface area contributed by atoms with Crippen LogP contribution in [-0.2, 0) is 9.84 Å². The monoisotopic (exact) mass is 272 g/mol. The van der Waals surface area contributed by atoms with E-state index in [2.05, 4.69) is 5.16 Å². The van der Waals surface area contributed by atoms with Crippen molar-refractivity contribution in [3.63, 3.8) is 0 Å². The number of rotatable bonds is 4. The molecule has 1 aromatic rings. The third-order valence-electron chi connectivity index (χ3n) is 2.45. The summed E-state index contributed by atoms with van der Waals surface area (Å²) in [6.07, 6.45) is 0. The number of hydrogen-bond acceptors (Lipinski definition) is 5. The van der Waals surface area contributed by atoms with Crippen LogP contribution in [0.3, 0.4) is 0 Å². The number of hydrogen-bond donors (Lipinski definition) is 2. The van der Waals surface area contributed by atoms with Gasteiger partial charge in [0.1, 0.15) is 11.5 Å². The number of nitrogens with zero attached hydrogens (tertiary/aromatic N) is 1. The Balaban J connectivity index is 3.34. The van der Waals surface area contributed by atoms with Crippen molar-refractivity contribution in [2.45, 2.75) is 18.7 Å². The second-order valence-electron chi connectivity index (χ2n) is 3.94. The van der Waals surface area contributed by atoms with Crippen LogP contribution in [0.25, 0.3) is 0 Å². The van der Waals surface area contributed by atoms with Gasteiger partial charge >= 0.3 is 0 Å². The molecule has 0 fully saturated rings. The van der Waals surface area contributed by atoms with Gasteiger partial charge in [-0.25, -0.2) is 8.42 Å². The molecule has 0 saturated heterocycles. The molecule has 0 aliphatic rings. The fourth-order valence-electron chi connectivity index (χ4n) is 1.81. The Morgan fingerprint density at radius 2 is 1.89 bits per heavy atom. The SMILES string of the molecule is COc1cc(C)c(S(=O)(=O)C/C(N)=N/O)c(C)c1. The molecule has 0 unspecified atom stereocenters. The minimum absolute atomic E-state index is 0.190. The Morgan fingerprint density at radius 3 is 2.28 bits per heavy atom. The average molecular weight is 272 g/mol. The fraction of sp³-hybridized carbons (Fsp3) is 0.364. The molecule has 0 aliphatic carbocycles. The van der Waals surface area contributed by atoms with Crippen LogP contribution in [0.15, 0.2) is 22.2 Å². The van der Waals surface area contributed by atoms with Gasteiger partial charge in [-0.1, -0.05) is 5.16 Å². The summed E-state index contributed by atoms with van der Waals surface area (Å²) >= 11 is 0. The average Bonchev–Trinajstić information content (AvgIpc) is 2.26. The van der Waals surface area contributed by atoms with E-state index in [9.17, 15) is 8.42 Å². The van der Waals surface area contributed by atoms with Crippen molar-refractivity contribution in [2.24, 2.45) is 10.9 Å². The first kappa shape index (κ1) is 14.3. The highest BCUT2D eigenvalue weighted by atomic mass is 32.2. The Kier molecular flexibility index (Phi) is 4.18. The summed E-state index contributed by atoms with van der Waals surface area (Å²) in [6.45, 7) is 3.35. The van der Waals surface area contributed by atoms with Crippen LogP contribution >= 0.6 is 0 Å². The van der Waals surface area contributed by atoms with E-state index in [-0.39, 0.29) is 10.7 Å². The molecule has 3 N–H and O–H groups in total. The van der Waals surface area contributed by atoms with Crippen LogP contribution in [0.5, 0.6) is 5.75 Å². The zero-order chi connectivity index (χ0) is 13.9. The Labute approximate surface area is 106 Å². The third-order valence-corrected chi connectivity index (χ3v) is 4.39. The van der Waals surface area contributed by atoms with Gasteiger partial charge < -0.3 is 15.7 Å². The summed E-state index contributed by atoms with van der Waals surface area (Å²) in [5.74, 6) is -0.269. The zero-order valence-corrected chi connectivity index (χ0v) is 11.3. The summed E-state index contributed by atoms with van der Waals surface area (Å²) in [6, 6.07) is 3.26. The Morgan fingerprint density at radius 1 is 1.39 bits per heavy atom. The largest absolute Gasteiger partial charge is 0.497 e. The molecule has 1 rings (SSSR count). The van der Waals surface area contributed by atoms with Gasteiger partial charge in [0.05, 0.1) is 12.0 Å². The molecule has 0 amide bonds. The number of nitrogens with two attached hydrogens (primary N) is 1. The van der Waals surface area contributed by atoms with Crippen LogP contribution < -0.4 is 10.5 Å². The maximum atomic E-state index is 12.1. The summed E-state index contributed by atoms with van der Waals surface area (Å²) in [4.78, 5) is 0.190. The van der Waals surface area contributed by atoms with Crippen molar-refractivity contribution in [1.82, 2.24) is 0 Å². The predicted octanol–water partition coefficient (Wildman–Crippen LogP) is 0.832. The second-order valence-corrected chi connectivity index (χ2v) is 5.87. The smallest absolute Gasteiger partial charge is 0.186 e. The van der Waals surface area contributed by atoms with E-state index in [1.165, 1.54) is 7.11 Å². The molecule has 0 saturated carbocycles. The van der Waals surface area contributed by atoms with Gasteiger partial charge in [-0.2, -0.15) is 0 Å². The van der Waals surface area contributed by atoms with E-state index < -0.39 is 15.6 Å². The zero-order valence-electron chi connectivity index (χ0n) is 10.5. The van der Waals surface area contributed by atoms with Crippen LogP contribution in [0.4, 0.5) is 0 Å². The third kappa shape index (κ3) is 2.92. The molecule has 0 atom stereocenters. The van der Waals surface area contributed by atoms with E-state index in [0.717, 1.165) is 0 Å². The maximum absolute atomic E-state index is 12.1. The quantitative estimate of drug-likeness (QED) is 0.366. The van der Waals surface area contributed by atoms with Crippen LogP contribution in [0.1, 0.15) is 11.1 Å². The normalized spacial score (nSPS) is 12.5. The van der Waals surface area contributed by atoms with E-state index in [1.807, 2.05) is 0 Å². The van der Waals surface area contributed by atoms with E-state index in [4.69, 9.17) is 15.7 Å². The molecule has 0 bridgehead atoms. The van der Waals surface area contributed by atoms with Gasteiger partial charge in [0, 0.05) is 0 Å². The first-order valence-corrected chi connectivity index (χ1v) is 6.81. The number of methoxy groups -OCH3 is 1. The fourth-order valence-corrected chi connectivity index (χ4v) is 3.51. The Bertz CT molecular complexity index is 556.